The van der Waals surface area contributed by atoms with Crippen LogP contribution in [0.5, 0.6) is 0 Å². The molecule has 0 unspecified atom stereocenters. The largest absolute Gasteiger partial charge is 0.481 e. The van der Waals surface area contributed by atoms with E-state index >= 15 is 0 Å². The van der Waals surface area contributed by atoms with Crippen molar-refractivity contribution >= 4 is 17.3 Å². The van der Waals surface area contributed by atoms with Gasteiger partial charge in [-0.3, -0.25) is 4.79 Å². The molecule has 2 N–H and O–H groups in total. The van der Waals surface area contributed by atoms with Crippen LogP contribution < -0.4 is 5.32 Å². The van der Waals surface area contributed by atoms with Gasteiger partial charge in [0.25, 0.3) is 0 Å². The molecule has 70 valence electrons. The van der Waals surface area contributed by atoms with Crippen molar-refractivity contribution in [1.29, 1.82) is 0 Å². The minimum atomic E-state index is -0.693. The normalized spacial score (nSPS) is 27.7. The molecule has 3 nitrogen and oxygen atoms in total. The summed E-state index contributed by atoms with van der Waals surface area (Å²) in [6, 6.07) is 2.01. The molecule has 1 fully saturated rings. The highest BCUT2D eigenvalue weighted by molar-refractivity contribution is 7.08. The van der Waals surface area contributed by atoms with Crippen molar-refractivity contribution in [2.24, 2.45) is 5.92 Å². The van der Waals surface area contributed by atoms with Gasteiger partial charge in [-0.05, 0) is 22.4 Å². The number of hydrogen-bond acceptors (Lipinski definition) is 3. The Morgan fingerprint density at radius 3 is 3.08 bits per heavy atom. The molecule has 0 spiro atoms. The van der Waals surface area contributed by atoms with Crippen LogP contribution in [-0.4, -0.2) is 24.2 Å². The van der Waals surface area contributed by atoms with Crippen LogP contribution in [0.1, 0.15) is 11.5 Å². The van der Waals surface area contributed by atoms with E-state index in [0.29, 0.717) is 6.54 Å². The van der Waals surface area contributed by atoms with Crippen LogP contribution in [-0.2, 0) is 4.79 Å². The first-order valence-electron chi connectivity index (χ1n) is 4.24. The molecule has 1 aromatic rings. The quantitative estimate of drug-likeness (QED) is 0.747. The Kier molecular flexibility index (Phi) is 2.33. The van der Waals surface area contributed by atoms with Crippen molar-refractivity contribution in [2.45, 2.75) is 5.92 Å². The van der Waals surface area contributed by atoms with Crippen LogP contribution in [0.15, 0.2) is 16.8 Å². The van der Waals surface area contributed by atoms with Crippen molar-refractivity contribution in [3.05, 3.63) is 22.4 Å². The fraction of sp³-hybridized carbons (Fsp3) is 0.444. The van der Waals surface area contributed by atoms with Crippen LogP contribution in [0, 0.1) is 5.92 Å². The van der Waals surface area contributed by atoms with E-state index in [1.807, 2.05) is 16.8 Å². The maximum Gasteiger partial charge on any atom is 0.308 e. The number of thiophene rings is 1. The first kappa shape index (κ1) is 8.72. The third-order valence-corrected chi connectivity index (χ3v) is 3.20. The number of aliphatic carboxylic acids is 1. The molecule has 0 aromatic carbocycles. The first-order valence-corrected chi connectivity index (χ1v) is 5.19. The Morgan fingerprint density at radius 1 is 1.62 bits per heavy atom. The first-order chi connectivity index (χ1) is 6.29. The zero-order chi connectivity index (χ0) is 9.26. The van der Waals surface area contributed by atoms with Gasteiger partial charge in [0.05, 0.1) is 5.92 Å². The summed E-state index contributed by atoms with van der Waals surface area (Å²) in [6.07, 6.45) is 0. The number of rotatable bonds is 2. The van der Waals surface area contributed by atoms with E-state index in [1.54, 1.807) is 11.3 Å². The Bertz CT molecular complexity index is 297. The van der Waals surface area contributed by atoms with E-state index < -0.39 is 5.97 Å². The topological polar surface area (TPSA) is 49.3 Å². The minimum absolute atomic E-state index is 0.156. The van der Waals surface area contributed by atoms with Gasteiger partial charge in [0.1, 0.15) is 0 Å². The summed E-state index contributed by atoms with van der Waals surface area (Å²) in [6.45, 7) is 1.38. The van der Waals surface area contributed by atoms with Gasteiger partial charge in [-0.2, -0.15) is 11.3 Å². The van der Waals surface area contributed by atoms with Crippen LogP contribution in [0.4, 0.5) is 0 Å². The lowest BCUT2D eigenvalue weighted by Gasteiger charge is -2.12. The van der Waals surface area contributed by atoms with Crippen LogP contribution in [0.2, 0.25) is 0 Å². The maximum atomic E-state index is 10.9. The van der Waals surface area contributed by atoms with Crippen LogP contribution in [0.25, 0.3) is 0 Å². The molecule has 1 aromatic heterocycles. The predicted molar refractivity (Wildman–Crippen MR) is 51.1 cm³/mol. The summed E-state index contributed by atoms with van der Waals surface area (Å²) in [5.74, 6) is -0.792. The van der Waals surface area contributed by atoms with Crippen molar-refractivity contribution in [3.63, 3.8) is 0 Å². The van der Waals surface area contributed by atoms with Crippen molar-refractivity contribution in [2.75, 3.05) is 13.1 Å². The minimum Gasteiger partial charge on any atom is -0.481 e. The fourth-order valence-electron chi connectivity index (χ4n) is 1.77. The second-order valence-electron chi connectivity index (χ2n) is 3.27. The lowest BCUT2D eigenvalue weighted by atomic mass is 9.91. The summed E-state index contributed by atoms with van der Waals surface area (Å²) < 4.78 is 0. The van der Waals surface area contributed by atoms with E-state index in [2.05, 4.69) is 5.32 Å². The van der Waals surface area contributed by atoms with E-state index in [1.165, 1.54) is 0 Å². The second kappa shape index (κ2) is 3.47. The molecule has 1 aliphatic rings. The van der Waals surface area contributed by atoms with Gasteiger partial charge < -0.3 is 10.4 Å². The summed E-state index contributed by atoms with van der Waals surface area (Å²) in [7, 11) is 0. The second-order valence-corrected chi connectivity index (χ2v) is 4.05. The monoisotopic (exact) mass is 197 g/mol. The van der Waals surface area contributed by atoms with Crippen molar-refractivity contribution in [1.82, 2.24) is 5.32 Å². The zero-order valence-electron chi connectivity index (χ0n) is 7.06. The zero-order valence-corrected chi connectivity index (χ0v) is 7.88. The number of hydrogen-bond donors (Lipinski definition) is 2. The summed E-state index contributed by atoms with van der Waals surface area (Å²) in [5.41, 5.74) is 1.16. The van der Waals surface area contributed by atoms with Crippen molar-refractivity contribution < 1.29 is 9.90 Å². The SMILES string of the molecule is O=C(O)[C@H]1CNC[C@@H]1c1ccsc1. The summed E-state index contributed by atoms with van der Waals surface area (Å²) in [5, 5.41) is 16.1. The molecule has 0 bridgehead atoms. The Balaban J connectivity index is 2.19. The number of nitrogens with one attached hydrogen (secondary N) is 1. The summed E-state index contributed by atoms with van der Waals surface area (Å²) in [4.78, 5) is 10.9. The molecule has 2 rings (SSSR count). The third-order valence-electron chi connectivity index (χ3n) is 2.50. The molecule has 1 aliphatic heterocycles. The number of carboxylic acid groups (broad SMARTS) is 1. The van der Waals surface area contributed by atoms with E-state index in [0.717, 1.165) is 12.1 Å². The van der Waals surface area contributed by atoms with Crippen LogP contribution in [0.3, 0.4) is 0 Å². The molecule has 0 saturated carbocycles. The standard InChI is InChI=1S/C9H11NO2S/c11-9(12)8-4-10-3-7(8)6-1-2-13-5-6/h1-2,5,7-8,10H,3-4H2,(H,11,12)/t7-,8+/m1/s1. The van der Waals surface area contributed by atoms with Crippen LogP contribution >= 0.6 is 11.3 Å². The molecule has 0 amide bonds. The maximum absolute atomic E-state index is 10.9. The van der Waals surface area contributed by atoms with E-state index in [9.17, 15) is 4.79 Å². The molecule has 2 heterocycles. The molecule has 1 saturated heterocycles. The fourth-order valence-corrected chi connectivity index (χ4v) is 2.50. The Morgan fingerprint density at radius 2 is 2.46 bits per heavy atom. The molecular formula is C9H11NO2S. The third kappa shape index (κ3) is 1.59. The lowest BCUT2D eigenvalue weighted by molar-refractivity contribution is -0.141. The van der Waals surface area contributed by atoms with Gasteiger partial charge in [-0.25, -0.2) is 0 Å². The van der Waals surface area contributed by atoms with Gasteiger partial charge in [-0.1, -0.05) is 0 Å². The van der Waals surface area contributed by atoms with Crippen molar-refractivity contribution in [3.8, 4) is 0 Å². The Labute approximate surface area is 80.4 Å². The molecule has 0 radical (unpaired) electrons. The number of carbonyl (C=O) groups is 1. The highest BCUT2D eigenvalue weighted by Crippen LogP contribution is 2.29. The molecular weight excluding hydrogens is 186 g/mol. The summed E-state index contributed by atoms with van der Waals surface area (Å²) >= 11 is 1.62. The highest BCUT2D eigenvalue weighted by atomic mass is 32.1. The molecule has 13 heavy (non-hydrogen) atoms. The highest BCUT2D eigenvalue weighted by Gasteiger charge is 2.33. The smallest absolute Gasteiger partial charge is 0.308 e. The van der Waals surface area contributed by atoms with Gasteiger partial charge in [0, 0.05) is 19.0 Å². The lowest BCUT2D eigenvalue weighted by Crippen LogP contribution is -2.20. The van der Waals surface area contributed by atoms with Gasteiger partial charge in [-0.15, -0.1) is 0 Å². The van der Waals surface area contributed by atoms with Gasteiger partial charge >= 0.3 is 5.97 Å². The van der Waals surface area contributed by atoms with E-state index in [-0.39, 0.29) is 11.8 Å². The molecule has 2 atom stereocenters. The van der Waals surface area contributed by atoms with Gasteiger partial charge in [0.2, 0.25) is 0 Å². The molecule has 0 aliphatic carbocycles. The number of carboxylic acids is 1. The average Bonchev–Trinajstić information content (AvgIpc) is 2.74. The van der Waals surface area contributed by atoms with Gasteiger partial charge in [0.15, 0.2) is 0 Å². The Hall–Kier alpha value is -0.870. The average molecular weight is 197 g/mol. The predicted octanol–water partition coefficient (Wildman–Crippen LogP) is 1.14. The molecule has 4 heteroatoms. The van der Waals surface area contributed by atoms with E-state index in [4.69, 9.17) is 5.11 Å².